The maximum Gasteiger partial charge on any atom is 0.236 e. The lowest BCUT2D eigenvalue weighted by Gasteiger charge is -2.27. The second-order valence-electron chi connectivity index (χ2n) is 7.96. The maximum atomic E-state index is 13.0. The van der Waals surface area contributed by atoms with Crippen LogP contribution in [0.2, 0.25) is 0 Å². The smallest absolute Gasteiger partial charge is 0.236 e. The molecule has 0 saturated carbocycles. The van der Waals surface area contributed by atoms with E-state index in [1.54, 1.807) is 36.3 Å². The number of carbonyl (C=O) groups is 2. The van der Waals surface area contributed by atoms with Crippen molar-refractivity contribution in [2.24, 2.45) is 5.41 Å². The van der Waals surface area contributed by atoms with Crippen molar-refractivity contribution in [1.82, 2.24) is 0 Å². The lowest BCUT2D eigenvalue weighted by Crippen LogP contribution is -2.42. The predicted molar refractivity (Wildman–Crippen MR) is 118 cm³/mol. The summed E-state index contributed by atoms with van der Waals surface area (Å²) in [6, 6.07) is 13.0. The number of carbonyl (C=O) groups excluding carboxylic acids is 2. The van der Waals surface area contributed by atoms with Gasteiger partial charge >= 0.3 is 0 Å². The number of nitrogens with one attached hydrogen (secondary N) is 1. The topological polar surface area (TPSA) is 67.9 Å². The number of fused-ring (bicyclic) bond motifs is 1. The van der Waals surface area contributed by atoms with Gasteiger partial charge in [0.25, 0.3) is 0 Å². The summed E-state index contributed by atoms with van der Waals surface area (Å²) in [5.74, 6) is 1.27. The fourth-order valence-electron chi connectivity index (χ4n) is 3.31. The molecule has 2 aromatic rings. The number of aryl methyl sites for hydroxylation is 1. The van der Waals surface area contributed by atoms with E-state index in [2.05, 4.69) is 11.9 Å². The highest BCUT2D eigenvalue weighted by Gasteiger charge is 2.37. The van der Waals surface area contributed by atoms with Crippen LogP contribution in [0.3, 0.4) is 0 Å². The van der Waals surface area contributed by atoms with Gasteiger partial charge in [-0.3, -0.25) is 9.59 Å². The van der Waals surface area contributed by atoms with Crippen LogP contribution in [0.1, 0.15) is 25.8 Å². The molecule has 30 heavy (non-hydrogen) atoms. The van der Waals surface area contributed by atoms with E-state index in [4.69, 9.17) is 9.47 Å². The molecular formula is C24H28N2O4. The SMILES string of the molecule is C=CCN1C(=O)C(C)(C)COc2ccc(NC(=O)CCc3ccc(OC)cc3)cc21. The Balaban J connectivity index is 1.71. The minimum Gasteiger partial charge on any atom is -0.497 e. The monoisotopic (exact) mass is 408 g/mol. The summed E-state index contributed by atoms with van der Waals surface area (Å²) in [6.07, 6.45) is 2.66. The molecule has 0 bridgehead atoms. The number of ether oxygens (including phenoxy) is 2. The van der Waals surface area contributed by atoms with Crippen LogP contribution in [0.4, 0.5) is 11.4 Å². The fourth-order valence-corrected chi connectivity index (χ4v) is 3.31. The first kappa shape index (κ1) is 21.4. The van der Waals surface area contributed by atoms with E-state index in [-0.39, 0.29) is 11.8 Å². The Bertz CT molecular complexity index is 935. The summed E-state index contributed by atoms with van der Waals surface area (Å²) in [5, 5.41) is 2.92. The van der Waals surface area contributed by atoms with Crippen molar-refractivity contribution in [3.05, 3.63) is 60.7 Å². The summed E-state index contributed by atoms with van der Waals surface area (Å²) in [5.41, 5.74) is 1.67. The lowest BCUT2D eigenvalue weighted by molar-refractivity contribution is -0.127. The van der Waals surface area contributed by atoms with Crippen LogP contribution in [0, 0.1) is 5.41 Å². The minimum absolute atomic E-state index is 0.0378. The van der Waals surface area contributed by atoms with Crippen molar-refractivity contribution in [3.63, 3.8) is 0 Å². The molecule has 0 fully saturated rings. The molecule has 0 aliphatic carbocycles. The Morgan fingerprint density at radius 3 is 2.67 bits per heavy atom. The van der Waals surface area contributed by atoms with Gasteiger partial charge in [-0.15, -0.1) is 6.58 Å². The quantitative estimate of drug-likeness (QED) is 0.697. The van der Waals surface area contributed by atoms with Gasteiger partial charge in [0.1, 0.15) is 18.1 Å². The number of benzene rings is 2. The van der Waals surface area contributed by atoms with E-state index in [9.17, 15) is 9.59 Å². The summed E-state index contributed by atoms with van der Waals surface area (Å²) in [4.78, 5) is 27.1. The minimum atomic E-state index is -0.649. The van der Waals surface area contributed by atoms with Crippen molar-refractivity contribution in [3.8, 4) is 11.5 Å². The summed E-state index contributed by atoms with van der Waals surface area (Å²) >= 11 is 0. The number of methoxy groups -OCH3 is 1. The van der Waals surface area contributed by atoms with Crippen LogP contribution in [0.25, 0.3) is 0 Å². The van der Waals surface area contributed by atoms with Crippen LogP contribution in [-0.2, 0) is 16.0 Å². The molecular weight excluding hydrogens is 380 g/mol. The highest BCUT2D eigenvalue weighted by Crippen LogP contribution is 2.38. The molecule has 0 atom stereocenters. The molecule has 0 unspecified atom stereocenters. The first-order valence-corrected chi connectivity index (χ1v) is 9.96. The Morgan fingerprint density at radius 1 is 1.27 bits per heavy atom. The highest BCUT2D eigenvalue weighted by molar-refractivity contribution is 6.00. The van der Waals surface area contributed by atoms with Gasteiger partial charge in [0.2, 0.25) is 11.8 Å². The first-order chi connectivity index (χ1) is 14.3. The Kier molecular flexibility index (Phi) is 6.45. The summed E-state index contributed by atoms with van der Waals surface area (Å²) < 4.78 is 11.0. The van der Waals surface area contributed by atoms with Crippen molar-refractivity contribution < 1.29 is 19.1 Å². The second-order valence-corrected chi connectivity index (χ2v) is 7.96. The van der Waals surface area contributed by atoms with Gasteiger partial charge in [0.15, 0.2) is 0 Å². The molecule has 1 aliphatic heterocycles. The average Bonchev–Trinajstić information content (AvgIpc) is 2.83. The number of rotatable bonds is 7. The Morgan fingerprint density at radius 2 is 2.00 bits per heavy atom. The lowest BCUT2D eigenvalue weighted by atomic mass is 9.93. The normalized spacial score (nSPS) is 14.9. The van der Waals surface area contributed by atoms with Gasteiger partial charge in [-0.25, -0.2) is 0 Å². The van der Waals surface area contributed by atoms with Gasteiger partial charge < -0.3 is 19.7 Å². The van der Waals surface area contributed by atoms with Gasteiger partial charge in [-0.1, -0.05) is 18.2 Å². The van der Waals surface area contributed by atoms with Crippen LogP contribution in [-0.4, -0.2) is 32.1 Å². The van der Waals surface area contributed by atoms with Crippen molar-refractivity contribution in [2.45, 2.75) is 26.7 Å². The third-order valence-corrected chi connectivity index (χ3v) is 5.06. The summed E-state index contributed by atoms with van der Waals surface area (Å²) in [6.45, 7) is 8.14. The molecule has 0 radical (unpaired) electrons. The zero-order chi connectivity index (χ0) is 21.7. The zero-order valence-corrected chi connectivity index (χ0v) is 17.7. The van der Waals surface area contributed by atoms with Gasteiger partial charge in [0, 0.05) is 18.7 Å². The van der Waals surface area contributed by atoms with E-state index in [1.165, 1.54) is 0 Å². The molecule has 1 heterocycles. The van der Waals surface area contributed by atoms with Gasteiger partial charge in [0.05, 0.1) is 18.2 Å². The Hall–Kier alpha value is -3.28. The number of hydrogen-bond donors (Lipinski definition) is 1. The van der Waals surface area contributed by atoms with E-state index in [0.717, 1.165) is 11.3 Å². The molecule has 0 aromatic heterocycles. The molecule has 3 rings (SSSR count). The Labute approximate surface area is 177 Å². The first-order valence-electron chi connectivity index (χ1n) is 9.96. The van der Waals surface area contributed by atoms with Crippen molar-refractivity contribution in [2.75, 3.05) is 30.5 Å². The largest absolute Gasteiger partial charge is 0.497 e. The molecule has 1 aliphatic rings. The summed E-state index contributed by atoms with van der Waals surface area (Å²) in [7, 11) is 1.62. The zero-order valence-electron chi connectivity index (χ0n) is 17.7. The third-order valence-electron chi connectivity index (χ3n) is 5.06. The van der Waals surface area contributed by atoms with Crippen molar-refractivity contribution in [1.29, 1.82) is 0 Å². The number of nitrogens with zero attached hydrogens (tertiary/aromatic N) is 1. The van der Waals surface area contributed by atoms with Crippen LogP contribution in [0.5, 0.6) is 11.5 Å². The molecule has 0 saturated heterocycles. The molecule has 1 N–H and O–H groups in total. The third kappa shape index (κ3) is 4.82. The molecule has 0 spiro atoms. The van der Waals surface area contributed by atoms with E-state index < -0.39 is 5.41 Å². The molecule has 2 aromatic carbocycles. The maximum absolute atomic E-state index is 13.0. The standard InChI is InChI=1S/C24H28N2O4/c1-5-14-26-20-15-18(9-12-21(20)30-16-24(2,3)23(26)28)25-22(27)13-8-17-6-10-19(29-4)11-7-17/h5-7,9-12,15H,1,8,13-14,16H2,2-4H3,(H,25,27). The van der Waals surface area contributed by atoms with Crippen LogP contribution >= 0.6 is 0 Å². The highest BCUT2D eigenvalue weighted by atomic mass is 16.5. The molecule has 6 heteroatoms. The van der Waals surface area contributed by atoms with Crippen LogP contribution < -0.4 is 19.7 Å². The average molecular weight is 408 g/mol. The molecule has 158 valence electrons. The number of anilines is 2. The van der Waals surface area contributed by atoms with E-state index in [0.29, 0.717) is 43.1 Å². The fraction of sp³-hybridized carbons (Fsp3) is 0.333. The van der Waals surface area contributed by atoms with Gasteiger partial charge in [-0.05, 0) is 56.2 Å². The number of hydrogen-bond acceptors (Lipinski definition) is 4. The molecule has 6 nitrogen and oxygen atoms in total. The van der Waals surface area contributed by atoms with E-state index >= 15 is 0 Å². The van der Waals surface area contributed by atoms with Gasteiger partial charge in [-0.2, -0.15) is 0 Å². The van der Waals surface area contributed by atoms with E-state index in [1.807, 2.05) is 38.1 Å². The number of amides is 2. The van der Waals surface area contributed by atoms with Crippen LogP contribution in [0.15, 0.2) is 55.1 Å². The molecule has 2 amide bonds. The van der Waals surface area contributed by atoms with Crippen molar-refractivity contribution >= 4 is 23.2 Å². The predicted octanol–water partition coefficient (Wildman–Crippen LogP) is 4.20. The second kappa shape index (κ2) is 9.03.